The Morgan fingerprint density at radius 3 is 1.53 bits per heavy atom. The molecule has 0 heterocycles. The molecule has 0 saturated carbocycles. The summed E-state index contributed by atoms with van der Waals surface area (Å²) in [6.45, 7) is 2.68. The maximum atomic E-state index is 12.1. The number of alkyl halides is 6. The van der Waals surface area contributed by atoms with Crippen LogP contribution >= 0.6 is 0 Å². The topological polar surface area (TPSA) is 20.2 Å². The molecule has 0 fully saturated rings. The summed E-state index contributed by atoms with van der Waals surface area (Å²) in [6, 6.07) is 0. The molecule has 0 rings (SSSR count). The lowest BCUT2D eigenvalue weighted by Gasteiger charge is -2.34. The molecule has 0 spiro atoms. The molecular formula is C8H12F6O. The molecule has 15 heavy (non-hydrogen) atoms. The van der Waals surface area contributed by atoms with Crippen LogP contribution in [0.25, 0.3) is 0 Å². The normalized spacial score (nSPS) is 16.6. The van der Waals surface area contributed by atoms with Crippen molar-refractivity contribution in [2.75, 3.05) is 0 Å². The van der Waals surface area contributed by atoms with Gasteiger partial charge in [0.1, 0.15) is 0 Å². The van der Waals surface area contributed by atoms with Crippen molar-refractivity contribution < 1.29 is 31.4 Å². The van der Waals surface area contributed by atoms with E-state index in [2.05, 4.69) is 0 Å². The molecule has 0 aromatic heterocycles. The van der Waals surface area contributed by atoms with Crippen LogP contribution in [0.5, 0.6) is 0 Å². The Hall–Kier alpha value is -0.460. The van der Waals surface area contributed by atoms with Crippen LogP contribution < -0.4 is 0 Å². The van der Waals surface area contributed by atoms with Crippen molar-refractivity contribution in [1.29, 1.82) is 0 Å². The molecule has 0 aliphatic rings. The van der Waals surface area contributed by atoms with E-state index in [9.17, 15) is 26.3 Å². The highest BCUT2D eigenvalue weighted by molar-refractivity contribution is 4.94. The lowest BCUT2D eigenvalue weighted by molar-refractivity contribution is -0.372. The smallest absolute Gasteiger partial charge is 0.374 e. The third-order valence-corrected chi connectivity index (χ3v) is 2.28. The van der Waals surface area contributed by atoms with Gasteiger partial charge in [-0.25, -0.2) is 0 Å². The summed E-state index contributed by atoms with van der Waals surface area (Å²) in [5.74, 6) is -0.863. The number of rotatable bonds is 3. The van der Waals surface area contributed by atoms with E-state index in [1.807, 2.05) is 0 Å². The first-order valence-corrected chi connectivity index (χ1v) is 4.31. The zero-order valence-corrected chi connectivity index (χ0v) is 8.21. The van der Waals surface area contributed by atoms with Gasteiger partial charge < -0.3 is 5.11 Å². The minimum Gasteiger partial charge on any atom is -0.374 e. The van der Waals surface area contributed by atoms with Crippen molar-refractivity contribution in [1.82, 2.24) is 0 Å². The van der Waals surface area contributed by atoms with Gasteiger partial charge in [0.15, 0.2) is 0 Å². The Morgan fingerprint density at radius 1 is 1.00 bits per heavy atom. The molecule has 0 radical (unpaired) electrons. The second kappa shape index (κ2) is 4.19. The van der Waals surface area contributed by atoms with Gasteiger partial charge in [0, 0.05) is 0 Å². The maximum absolute atomic E-state index is 12.1. The van der Waals surface area contributed by atoms with Crippen LogP contribution in [-0.2, 0) is 0 Å². The summed E-state index contributed by atoms with van der Waals surface area (Å²) >= 11 is 0. The van der Waals surface area contributed by atoms with E-state index in [0.29, 0.717) is 0 Å². The Labute approximate surface area is 83.1 Å². The van der Waals surface area contributed by atoms with Crippen LogP contribution in [0.1, 0.15) is 26.7 Å². The van der Waals surface area contributed by atoms with Gasteiger partial charge >= 0.3 is 12.4 Å². The minimum absolute atomic E-state index is 0.133. The lowest BCUT2D eigenvalue weighted by atomic mass is 9.89. The predicted molar refractivity (Wildman–Crippen MR) is 41.1 cm³/mol. The van der Waals surface area contributed by atoms with Crippen molar-refractivity contribution >= 4 is 0 Å². The molecule has 0 aromatic rings. The zero-order chi connectivity index (χ0) is 12.5. The third kappa shape index (κ3) is 2.99. The maximum Gasteiger partial charge on any atom is 0.426 e. The molecule has 1 atom stereocenters. The van der Waals surface area contributed by atoms with E-state index in [0.717, 1.165) is 0 Å². The van der Waals surface area contributed by atoms with Crippen molar-refractivity contribution in [3.05, 3.63) is 0 Å². The highest BCUT2D eigenvalue weighted by Gasteiger charge is 2.70. The van der Waals surface area contributed by atoms with Gasteiger partial charge in [0.25, 0.3) is 5.60 Å². The molecule has 92 valence electrons. The highest BCUT2D eigenvalue weighted by atomic mass is 19.4. The lowest BCUT2D eigenvalue weighted by Crippen LogP contribution is -2.57. The molecule has 1 nitrogen and oxygen atoms in total. The summed E-state index contributed by atoms with van der Waals surface area (Å²) < 4.78 is 72.8. The quantitative estimate of drug-likeness (QED) is 0.748. The van der Waals surface area contributed by atoms with Crippen LogP contribution in [0.15, 0.2) is 0 Å². The standard InChI is InChI=1S/C8H12F6O/c1-3-5(2)4-6(15,7(9,10)11)8(12,13)14/h5,15H,3-4H2,1-2H3. The van der Waals surface area contributed by atoms with Crippen molar-refractivity contribution in [3.8, 4) is 0 Å². The summed E-state index contributed by atoms with van der Waals surface area (Å²) in [5.41, 5.74) is -4.60. The molecular weight excluding hydrogens is 226 g/mol. The first-order chi connectivity index (χ1) is 6.45. The summed E-state index contributed by atoms with van der Waals surface area (Å²) in [7, 11) is 0. The van der Waals surface area contributed by atoms with E-state index >= 15 is 0 Å². The monoisotopic (exact) mass is 238 g/mol. The summed E-state index contributed by atoms with van der Waals surface area (Å²) in [5, 5.41) is 8.74. The SMILES string of the molecule is CCC(C)CC(O)(C(F)(F)F)C(F)(F)F. The van der Waals surface area contributed by atoms with Crippen molar-refractivity contribution in [3.63, 3.8) is 0 Å². The Kier molecular flexibility index (Phi) is 4.06. The summed E-state index contributed by atoms with van der Waals surface area (Å²) in [6.07, 6.45) is -12.6. The van der Waals surface area contributed by atoms with Crippen molar-refractivity contribution in [2.45, 2.75) is 44.6 Å². The average Bonchev–Trinajstić information content (AvgIpc) is 1.99. The molecule has 0 aliphatic carbocycles. The number of hydrogen-bond donors (Lipinski definition) is 1. The molecule has 0 amide bonds. The van der Waals surface area contributed by atoms with Crippen molar-refractivity contribution in [2.24, 2.45) is 5.92 Å². The fraction of sp³-hybridized carbons (Fsp3) is 1.00. The van der Waals surface area contributed by atoms with Gasteiger partial charge in [-0.1, -0.05) is 20.3 Å². The number of aliphatic hydroxyl groups is 1. The zero-order valence-electron chi connectivity index (χ0n) is 8.21. The van der Waals surface area contributed by atoms with E-state index in [4.69, 9.17) is 5.11 Å². The summed E-state index contributed by atoms with van der Waals surface area (Å²) in [4.78, 5) is 0. The second-order valence-corrected chi connectivity index (χ2v) is 3.57. The highest BCUT2D eigenvalue weighted by Crippen LogP contribution is 2.46. The molecule has 1 N–H and O–H groups in total. The Balaban J connectivity index is 5.06. The van der Waals surface area contributed by atoms with Gasteiger partial charge in [-0.05, 0) is 12.3 Å². The van der Waals surface area contributed by atoms with Gasteiger partial charge in [-0.3, -0.25) is 0 Å². The first kappa shape index (κ1) is 14.5. The molecule has 0 aliphatic heterocycles. The fourth-order valence-corrected chi connectivity index (χ4v) is 1.04. The number of halogens is 6. The van der Waals surface area contributed by atoms with Crippen LogP contribution in [-0.4, -0.2) is 23.1 Å². The Morgan fingerprint density at radius 2 is 1.33 bits per heavy atom. The molecule has 7 heteroatoms. The fourth-order valence-electron chi connectivity index (χ4n) is 1.04. The number of hydrogen-bond acceptors (Lipinski definition) is 1. The second-order valence-electron chi connectivity index (χ2n) is 3.57. The van der Waals surface area contributed by atoms with Crippen LogP contribution in [0.2, 0.25) is 0 Å². The van der Waals surface area contributed by atoms with Crippen LogP contribution in [0.3, 0.4) is 0 Å². The average molecular weight is 238 g/mol. The molecule has 0 bridgehead atoms. The molecule has 0 aromatic carbocycles. The predicted octanol–water partition coefficient (Wildman–Crippen LogP) is 3.28. The van der Waals surface area contributed by atoms with Gasteiger partial charge in [-0.15, -0.1) is 0 Å². The van der Waals surface area contributed by atoms with Crippen LogP contribution in [0.4, 0.5) is 26.3 Å². The molecule has 1 unspecified atom stereocenters. The van der Waals surface area contributed by atoms with Crippen LogP contribution in [0, 0.1) is 5.92 Å². The van der Waals surface area contributed by atoms with Gasteiger partial charge in [0.05, 0.1) is 0 Å². The minimum atomic E-state index is -5.70. The van der Waals surface area contributed by atoms with E-state index in [-0.39, 0.29) is 6.42 Å². The first-order valence-electron chi connectivity index (χ1n) is 4.31. The van der Waals surface area contributed by atoms with E-state index in [1.165, 1.54) is 13.8 Å². The third-order valence-electron chi connectivity index (χ3n) is 2.28. The van der Waals surface area contributed by atoms with E-state index in [1.54, 1.807) is 0 Å². The van der Waals surface area contributed by atoms with Gasteiger partial charge in [-0.2, -0.15) is 26.3 Å². The Bertz CT molecular complexity index is 192. The molecule has 0 saturated heterocycles. The van der Waals surface area contributed by atoms with Gasteiger partial charge in [0.2, 0.25) is 0 Å². The largest absolute Gasteiger partial charge is 0.426 e. The van der Waals surface area contributed by atoms with E-state index < -0.39 is 30.3 Å².